The minimum atomic E-state index is -0.535. The number of amides is 2. The second-order valence-electron chi connectivity index (χ2n) is 7.03. The van der Waals surface area contributed by atoms with Crippen molar-refractivity contribution in [2.45, 2.75) is 32.8 Å². The minimum Gasteiger partial charge on any atom is -0.444 e. The number of nitrogens with one attached hydrogen (secondary N) is 1. The fraction of sp³-hybridized carbons (Fsp3) is 0.471. The van der Waals surface area contributed by atoms with Gasteiger partial charge in [0.2, 0.25) is 5.91 Å². The number of ether oxygens (including phenoxy) is 1. The van der Waals surface area contributed by atoms with E-state index in [1.54, 1.807) is 4.90 Å². The minimum absolute atomic E-state index is 0.107. The third kappa shape index (κ3) is 4.49. The van der Waals surface area contributed by atoms with Gasteiger partial charge in [-0.1, -0.05) is 27.3 Å². The molecule has 0 unspecified atom stereocenters. The SMILES string of the molecule is CC(C)(C)OC(=O)N1CC[C@@H](C(=O)Nc2nc3ccc(Br)cc3s2)C1. The molecule has 134 valence electrons. The second-order valence-corrected chi connectivity index (χ2v) is 8.98. The van der Waals surface area contributed by atoms with Crippen LogP contribution in [-0.4, -0.2) is 40.6 Å². The van der Waals surface area contributed by atoms with Gasteiger partial charge in [-0.05, 0) is 45.4 Å². The standard InChI is InChI=1S/C17H20BrN3O3S/c1-17(2,3)24-16(23)21-7-6-10(9-21)14(22)20-15-19-12-5-4-11(18)8-13(12)25-15/h4-5,8,10H,6-7,9H2,1-3H3,(H,19,20,22)/t10-/m1/s1. The van der Waals surface area contributed by atoms with E-state index in [2.05, 4.69) is 26.2 Å². The molecule has 2 heterocycles. The van der Waals surface area contributed by atoms with Crippen LogP contribution in [0.15, 0.2) is 22.7 Å². The van der Waals surface area contributed by atoms with Crippen LogP contribution >= 0.6 is 27.3 Å². The first-order valence-electron chi connectivity index (χ1n) is 8.06. The molecule has 1 fully saturated rings. The summed E-state index contributed by atoms with van der Waals surface area (Å²) in [5.41, 5.74) is 0.317. The van der Waals surface area contributed by atoms with Crippen LogP contribution in [0.3, 0.4) is 0 Å². The number of anilines is 1. The highest BCUT2D eigenvalue weighted by molar-refractivity contribution is 9.10. The summed E-state index contributed by atoms with van der Waals surface area (Å²) < 4.78 is 7.34. The predicted octanol–water partition coefficient (Wildman–Crippen LogP) is 4.25. The van der Waals surface area contributed by atoms with Gasteiger partial charge in [-0.25, -0.2) is 9.78 Å². The molecular formula is C17H20BrN3O3S. The molecule has 25 heavy (non-hydrogen) atoms. The van der Waals surface area contributed by atoms with E-state index >= 15 is 0 Å². The van der Waals surface area contributed by atoms with Gasteiger partial charge in [0.05, 0.1) is 16.1 Å². The van der Waals surface area contributed by atoms with Crippen molar-refractivity contribution in [2.75, 3.05) is 18.4 Å². The lowest BCUT2D eigenvalue weighted by molar-refractivity contribution is -0.119. The Morgan fingerprint density at radius 2 is 2.16 bits per heavy atom. The van der Waals surface area contributed by atoms with E-state index < -0.39 is 5.60 Å². The number of hydrogen-bond donors (Lipinski definition) is 1. The predicted molar refractivity (Wildman–Crippen MR) is 102 cm³/mol. The summed E-state index contributed by atoms with van der Waals surface area (Å²) >= 11 is 4.86. The van der Waals surface area contributed by atoms with Crippen LogP contribution in [0.5, 0.6) is 0 Å². The largest absolute Gasteiger partial charge is 0.444 e. The Labute approximate surface area is 158 Å². The summed E-state index contributed by atoms with van der Waals surface area (Å²) in [4.78, 5) is 30.6. The Kier molecular flexibility index (Phi) is 5.02. The number of hydrogen-bond acceptors (Lipinski definition) is 5. The number of thiazole rings is 1. The molecule has 8 heteroatoms. The number of likely N-dealkylation sites (tertiary alicyclic amines) is 1. The van der Waals surface area contributed by atoms with Crippen molar-refractivity contribution < 1.29 is 14.3 Å². The summed E-state index contributed by atoms with van der Waals surface area (Å²) in [6, 6.07) is 5.80. The Morgan fingerprint density at radius 3 is 2.88 bits per heavy atom. The smallest absolute Gasteiger partial charge is 0.410 e. The van der Waals surface area contributed by atoms with Crippen molar-refractivity contribution >= 4 is 54.6 Å². The maximum absolute atomic E-state index is 12.5. The summed E-state index contributed by atoms with van der Waals surface area (Å²) in [6.45, 7) is 6.39. The van der Waals surface area contributed by atoms with E-state index in [4.69, 9.17) is 4.74 Å². The maximum Gasteiger partial charge on any atom is 0.410 e. The van der Waals surface area contributed by atoms with Crippen molar-refractivity contribution in [1.82, 2.24) is 9.88 Å². The molecular weight excluding hydrogens is 406 g/mol. The topological polar surface area (TPSA) is 71.5 Å². The first-order chi connectivity index (χ1) is 11.7. The van der Waals surface area contributed by atoms with Crippen molar-refractivity contribution in [3.63, 3.8) is 0 Å². The molecule has 0 aliphatic carbocycles. The summed E-state index contributed by atoms with van der Waals surface area (Å²) in [5.74, 6) is -0.351. The van der Waals surface area contributed by atoms with Gasteiger partial charge < -0.3 is 15.0 Å². The Bertz CT molecular complexity index is 815. The van der Waals surface area contributed by atoms with Gasteiger partial charge in [0.25, 0.3) is 0 Å². The van der Waals surface area contributed by atoms with E-state index in [-0.39, 0.29) is 17.9 Å². The van der Waals surface area contributed by atoms with Crippen LogP contribution in [0.2, 0.25) is 0 Å². The fourth-order valence-electron chi connectivity index (χ4n) is 2.63. The quantitative estimate of drug-likeness (QED) is 0.779. The number of nitrogens with zero attached hydrogens (tertiary/aromatic N) is 2. The van der Waals surface area contributed by atoms with Crippen LogP contribution < -0.4 is 5.32 Å². The Balaban J connectivity index is 1.61. The molecule has 1 aliphatic rings. The molecule has 2 aromatic rings. The van der Waals surface area contributed by atoms with E-state index in [0.717, 1.165) is 14.7 Å². The normalized spacial score (nSPS) is 17.8. The lowest BCUT2D eigenvalue weighted by Gasteiger charge is -2.24. The number of benzene rings is 1. The molecule has 0 bridgehead atoms. The monoisotopic (exact) mass is 425 g/mol. The van der Waals surface area contributed by atoms with Crippen LogP contribution in [0.25, 0.3) is 10.2 Å². The molecule has 1 aliphatic heterocycles. The molecule has 1 aromatic heterocycles. The van der Waals surface area contributed by atoms with Gasteiger partial charge in [-0.2, -0.15) is 0 Å². The summed E-state index contributed by atoms with van der Waals surface area (Å²) in [5, 5.41) is 3.45. The van der Waals surface area contributed by atoms with E-state index in [9.17, 15) is 9.59 Å². The van der Waals surface area contributed by atoms with Crippen LogP contribution in [0.1, 0.15) is 27.2 Å². The van der Waals surface area contributed by atoms with Crippen molar-refractivity contribution in [1.29, 1.82) is 0 Å². The average molecular weight is 426 g/mol. The Hall–Kier alpha value is -1.67. The highest BCUT2D eigenvalue weighted by Crippen LogP contribution is 2.29. The zero-order valence-electron chi connectivity index (χ0n) is 14.3. The number of rotatable bonds is 2. The first-order valence-corrected chi connectivity index (χ1v) is 9.67. The van der Waals surface area contributed by atoms with Gasteiger partial charge in [-0.15, -0.1) is 0 Å². The van der Waals surface area contributed by atoms with E-state index in [1.807, 2.05) is 39.0 Å². The van der Waals surface area contributed by atoms with E-state index in [0.29, 0.717) is 24.6 Å². The molecule has 1 aromatic carbocycles. The molecule has 6 nitrogen and oxygen atoms in total. The molecule has 2 amide bonds. The van der Waals surface area contributed by atoms with Gasteiger partial charge in [-0.3, -0.25) is 4.79 Å². The van der Waals surface area contributed by atoms with Gasteiger partial charge >= 0.3 is 6.09 Å². The highest BCUT2D eigenvalue weighted by Gasteiger charge is 2.33. The van der Waals surface area contributed by atoms with Gasteiger partial charge in [0.1, 0.15) is 5.60 Å². The summed E-state index contributed by atoms with van der Waals surface area (Å²) in [6.07, 6.45) is 0.259. The third-order valence-corrected chi connectivity index (χ3v) is 5.22. The van der Waals surface area contributed by atoms with Crippen molar-refractivity contribution in [3.8, 4) is 0 Å². The molecule has 0 radical (unpaired) electrons. The highest BCUT2D eigenvalue weighted by atomic mass is 79.9. The van der Waals surface area contributed by atoms with Crippen molar-refractivity contribution in [3.05, 3.63) is 22.7 Å². The summed E-state index contributed by atoms with van der Waals surface area (Å²) in [7, 11) is 0. The number of fused-ring (bicyclic) bond motifs is 1. The zero-order valence-corrected chi connectivity index (χ0v) is 16.7. The number of carbonyl (C=O) groups excluding carboxylic acids is 2. The fourth-order valence-corrected chi connectivity index (χ4v) is 4.05. The van der Waals surface area contributed by atoms with E-state index in [1.165, 1.54) is 11.3 Å². The average Bonchev–Trinajstić information content (AvgIpc) is 3.11. The Morgan fingerprint density at radius 1 is 1.40 bits per heavy atom. The number of halogens is 1. The van der Waals surface area contributed by atoms with Crippen LogP contribution in [-0.2, 0) is 9.53 Å². The van der Waals surface area contributed by atoms with Crippen LogP contribution in [0, 0.1) is 5.92 Å². The lowest BCUT2D eigenvalue weighted by atomic mass is 10.1. The van der Waals surface area contributed by atoms with Gasteiger partial charge in [0, 0.05) is 17.6 Å². The van der Waals surface area contributed by atoms with Crippen molar-refractivity contribution in [2.24, 2.45) is 5.92 Å². The van der Waals surface area contributed by atoms with Gasteiger partial charge in [0.15, 0.2) is 5.13 Å². The molecule has 1 saturated heterocycles. The number of aromatic nitrogens is 1. The second kappa shape index (κ2) is 6.92. The molecule has 1 atom stereocenters. The zero-order chi connectivity index (χ0) is 18.2. The molecule has 0 spiro atoms. The molecule has 0 saturated carbocycles. The maximum atomic E-state index is 12.5. The molecule has 3 rings (SSSR count). The third-order valence-electron chi connectivity index (χ3n) is 3.79. The molecule has 1 N–H and O–H groups in total. The van der Waals surface area contributed by atoms with Crippen LogP contribution in [0.4, 0.5) is 9.93 Å². The lowest BCUT2D eigenvalue weighted by Crippen LogP contribution is -2.36. The first kappa shape index (κ1) is 18.1. The number of carbonyl (C=O) groups is 2.